The van der Waals surface area contributed by atoms with Gasteiger partial charge in [-0.05, 0) is 32.6 Å². The fourth-order valence-corrected chi connectivity index (χ4v) is 3.42. The fourth-order valence-electron chi connectivity index (χ4n) is 3.42. The summed E-state index contributed by atoms with van der Waals surface area (Å²) >= 11 is 0. The third-order valence-corrected chi connectivity index (χ3v) is 4.62. The maximum atomic E-state index is 5.94. The molecule has 2 aliphatic carbocycles. The van der Waals surface area contributed by atoms with Crippen LogP contribution in [0.3, 0.4) is 0 Å². The number of nitrogens with one attached hydrogen (secondary N) is 1. The molecule has 17 heavy (non-hydrogen) atoms. The van der Waals surface area contributed by atoms with Gasteiger partial charge >= 0.3 is 0 Å². The Hall–Kier alpha value is -0.120. The first-order valence-electron chi connectivity index (χ1n) is 7.45. The molecule has 1 saturated heterocycles. The molecule has 3 nitrogen and oxygen atoms in total. The van der Waals surface area contributed by atoms with Crippen LogP contribution in [-0.2, 0) is 4.74 Å². The predicted octanol–water partition coefficient (Wildman–Crippen LogP) is 1.77. The Balaban J connectivity index is 1.55. The van der Waals surface area contributed by atoms with Crippen molar-refractivity contribution in [2.24, 2.45) is 0 Å². The van der Waals surface area contributed by atoms with Crippen LogP contribution in [0.25, 0.3) is 0 Å². The van der Waals surface area contributed by atoms with Gasteiger partial charge in [-0.2, -0.15) is 0 Å². The summed E-state index contributed by atoms with van der Waals surface area (Å²) in [6.07, 6.45) is 8.69. The van der Waals surface area contributed by atoms with Crippen molar-refractivity contribution >= 4 is 0 Å². The largest absolute Gasteiger partial charge is 0.375 e. The van der Waals surface area contributed by atoms with Gasteiger partial charge in [0.2, 0.25) is 0 Å². The van der Waals surface area contributed by atoms with Crippen LogP contribution in [0.5, 0.6) is 0 Å². The highest BCUT2D eigenvalue weighted by molar-refractivity contribution is 4.91. The summed E-state index contributed by atoms with van der Waals surface area (Å²) < 4.78 is 5.94. The van der Waals surface area contributed by atoms with Crippen molar-refractivity contribution in [3.8, 4) is 0 Å². The molecule has 0 aromatic carbocycles. The average Bonchev–Trinajstić information content (AvgIpc) is 3.19. The number of nitrogens with zero attached hydrogens (tertiary/aromatic N) is 1. The molecule has 3 aliphatic rings. The Kier molecular flexibility index (Phi) is 3.69. The van der Waals surface area contributed by atoms with E-state index in [0.29, 0.717) is 18.2 Å². The molecule has 0 radical (unpaired) electrons. The second kappa shape index (κ2) is 5.25. The van der Waals surface area contributed by atoms with E-state index in [4.69, 9.17) is 4.74 Å². The molecule has 98 valence electrons. The fraction of sp³-hybridized carbons (Fsp3) is 1.00. The Bertz CT molecular complexity index is 253. The van der Waals surface area contributed by atoms with E-state index in [2.05, 4.69) is 17.1 Å². The molecular formula is C14H26N2O. The summed E-state index contributed by atoms with van der Waals surface area (Å²) in [5.41, 5.74) is 0. The highest BCUT2D eigenvalue weighted by Gasteiger charge is 2.36. The Morgan fingerprint density at radius 3 is 2.88 bits per heavy atom. The van der Waals surface area contributed by atoms with Gasteiger partial charge in [-0.25, -0.2) is 0 Å². The summed E-state index contributed by atoms with van der Waals surface area (Å²) in [5.74, 6) is 0. The topological polar surface area (TPSA) is 24.5 Å². The van der Waals surface area contributed by atoms with E-state index in [-0.39, 0.29) is 0 Å². The SMILES string of the molecule is CC(CNC1CC1)N1CCOC2CCCCC21. The Labute approximate surface area is 105 Å². The normalized spacial score (nSPS) is 36.5. The van der Waals surface area contributed by atoms with E-state index < -0.39 is 0 Å². The number of fused-ring (bicyclic) bond motifs is 1. The molecular weight excluding hydrogens is 212 g/mol. The number of hydrogen-bond acceptors (Lipinski definition) is 3. The van der Waals surface area contributed by atoms with E-state index in [0.717, 1.165) is 25.7 Å². The van der Waals surface area contributed by atoms with Gasteiger partial charge in [0.25, 0.3) is 0 Å². The quantitative estimate of drug-likeness (QED) is 0.808. The highest BCUT2D eigenvalue weighted by atomic mass is 16.5. The van der Waals surface area contributed by atoms with Gasteiger partial charge in [0, 0.05) is 31.2 Å². The van der Waals surface area contributed by atoms with Crippen LogP contribution < -0.4 is 5.32 Å². The van der Waals surface area contributed by atoms with Crippen molar-refractivity contribution in [1.82, 2.24) is 10.2 Å². The smallest absolute Gasteiger partial charge is 0.0731 e. The molecule has 0 aromatic rings. The zero-order valence-corrected chi connectivity index (χ0v) is 11.0. The lowest BCUT2D eigenvalue weighted by molar-refractivity contribution is -0.0997. The van der Waals surface area contributed by atoms with E-state index in [1.807, 2.05) is 0 Å². The summed E-state index contributed by atoms with van der Waals surface area (Å²) in [6, 6.07) is 2.21. The lowest BCUT2D eigenvalue weighted by atomic mass is 9.89. The molecule has 3 atom stereocenters. The first-order chi connectivity index (χ1) is 8.34. The molecule has 3 unspecified atom stereocenters. The molecule has 3 rings (SSSR count). The second-order valence-electron chi connectivity index (χ2n) is 6.03. The minimum absolute atomic E-state index is 0.529. The van der Waals surface area contributed by atoms with Crippen LogP contribution in [0.1, 0.15) is 45.4 Å². The molecule has 3 heteroatoms. The lowest BCUT2D eigenvalue weighted by Gasteiger charge is -2.46. The number of ether oxygens (including phenoxy) is 1. The average molecular weight is 238 g/mol. The number of rotatable bonds is 4. The molecule has 2 saturated carbocycles. The van der Waals surface area contributed by atoms with Crippen molar-refractivity contribution in [3.05, 3.63) is 0 Å². The third-order valence-electron chi connectivity index (χ3n) is 4.62. The monoisotopic (exact) mass is 238 g/mol. The second-order valence-corrected chi connectivity index (χ2v) is 6.03. The highest BCUT2D eigenvalue weighted by Crippen LogP contribution is 2.29. The van der Waals surface area contributed by atoms with Crippen molar-refractivity contribution in [2.75, 3.05) is 19.7 Å². The lowest BCUT2D eigenvalue weighted by Crippen LogP contribution is -2.57. The van der Waals surface area contributed by atoms with Crippen LogP contribution in [-0.4, -0.2) is 48.8 Å². The van der Waals surface area contributed by atoms with Crippen molar-refractivity contribution in [2.45, 2.75) is 69.7 Å². The van der Waals surface area contributed by atoms with Crippen LogP contribution in [0.2, 0.25) is 0 Å². The molecule has 1 heterocycles. The van der Waals surface area contributed by atoms with E-state index in [9.17, 15) is 0 Å². The van der Waals surface area contributed by atoms with Gasteiger partial charge in [-0.15, -0.1) is 0 Å². The van der Waals surface area contributed by atoms with Crippen molar-refractivity contribution < 1.29 is 4.74 Å². The summed E-state index contributed by atoms with van der Waals surface area (Å²) in [4.78, 5) is 2.71. The Morgan fingerprint density at radius 2 is 2.06 bits per heavy atom. The van der Waals surface area contributed by atoms with Gasteiger partial charge < -0.3 is 10.1 Å². The summed E-state index contributed by atoms with van der Waals surface area (Å²) in [7, 11) is 0. The van der Waals surface area contributed by atoms with Crippen molar-refractivity contribution in [1.29, 1.82) is 0 Å². The first-order valence-corrected chi connectivity index (χ1v) is 7.45. The molecule has 1 N–H and O–H groups in total. The van der Waals surface area contributed by atoms with Gasteiger partial charge in [0.1, 0.15) is 0 Å². The minimum Gasteiger partial charge on any atom is -0.375 e. The molecule has 0 bridgehead atoms. The minimum atomic E-state index is 0.529. The summed E-state index contributed by atoms with van der Waals surface area (Å²) in [6.45, 7) is 5.61. The van der Waals surface area contributed by atoms with E-state index >= 15 is 0 Å². The van der Waals surface area contributed by atoms with Gasteiger partial charge in [-0.3, -0.25) is 4.90 Å². The third kappa shape index (κ3) is 2.83. The molecule has 0 spiro atoms. The van der Waals surface area contributed by atoms with Crippen LogP contribution in [0.4, 0.5) is 0 Å². The predicted molar refractivity (Wildman–Crippen MR) is 69.2 cm³/mol. The van der Waals surface area contributed by atoms with Gasteiger partial charge in [-0.1, -0.05) is 12.8 Å². The van der Waals surface area contributed by atoms with Crippen LogP contribution >= 0.6 is 0 Å². The number of morpholine rings is 1. The van der Waals surface area contributed by atoms with Crippen molar-refractivity contribution in [3.63, 3.8) is 0 Å². The number of hydrogen-bond donors (Lipinski definition) is 1. The van der Waals surface area contributed by atoms with Gasteiger partial charge in [0.15, 0.2) is 0 Å². The zero-order chi connectivity index (χ0) is 11.7. The standard InChI is InChI=1S/C14H26N2O/c1-11(10-15-12-6-7-12)16-8-9-17-14-5-3-2-4-13(14)16/h11-15H,2-10H2,1H3. The van der Waals surface area contributed by atoms with E-state index in [1.54, 1.807) is 0 Å². The summed E-state index contributed by atoms with van der Waals surface area (Å²) in [5, 5.41) is 3.67. The van der Waals surface area contributed by atoms with Crippen LogP contribution in [0, 0.1) is 0 Å². The van der Waals surface area contributed by atoms with Crippen LogP contribution in [0.15, 0.2) is 0 Å². The Morgan fingerprint density at radius 1 is 1.24 bits per heavy atom. The van der Waals surface area contributed by atoms with E-state index in [1.165, 1.54) is 38.5 Å². The maximum absolute atomic E-state index is 5.94. The molecule has 1 aliphatic heterocycles. The molecule has 3 fully saturated rings. The first kappa shape index (κ1) is 11.9. The van der Waals surface area contributed by atoms with Gasteiger partial charge in [0.05, 0.1) is 12.7 Å². The zero-order valence-electron chi connectivity index (χ0n) is 11.0. The molecule has 0 aromatic heterocycles. The molecule has 0 amide bonds. The maximum Gasteiger partial charge on any atom is 0.0731 e.